The van der Waals surface area contributed by atoms with Gasteiger partial charge in [0.1, 0.15) is 11.7 Å². The predicted molar refractivity (Wildman–Crippen MR) is 103 cm³/mol. The molecule has 166 valence electrons. The number of carbonyl (C=O) groups excluding carboxylic acids is 2. The Morgan fingerprint density at radius 2 is 1.80 bits per heavy atom. The number of benzene rings is 1. The summed E-state index contributed by atoms with van der Waals surface area (Å²) in [5.41, 5.74) is 2.24. The van der Waals surface area contributed by atoms with Crippen molar-refractivity contribution in [2.45, 2.75) is 58.2 Å². The topological polar surface area (TPSA) is 113 Å². The number of nitro groups is 1. The molecule has 0 bridgehead atoms. The third kappa shape index (κ3) is 6.07. The van der Waals surface area contributed by atoms with E-state index in [1.54, 1.807) is 13.8 Å². The lowest BCUT2D eigenvalue weighted by atomic mass is 9.88. The van der Waals surface area contributed by atoms with Crippen LogP contribution < -0.4 is 16.2 Å². The second-order valence-corrected chi connectivity index (χ2v) is 7.67. The first-order valence-corrected chi connectivity index (χ1v) is 9.72. The molecule has 1 aliphatic carbocycles. The number of rotatable bonds is 7. The van der Waals surface area contributed by atoms with E-state index in [1.165, 1.54) is 0 Å². The minimum Gasteiger partial charge on any atom is -0.344 e. The Hall–Kier alpha value is -2.85. The summed E-state index contributed by atoms with van der Waals surface area (Å²) >= 11 is 0. The molecule has 0 aromatic heterocycles. The Kier molecular flexibility index (Phi) is 7.63. The zero-order chi connectivity index (χ0) is 22.5. The van der Waals surface area contributed by atoms with Crippen LogP contribution in [0.1, 0.15) is 51.5 Å². The molecule has 0 radical (unpaired) electrons. The molecule has 1 aromatic rings. The van der Waals surface area contributed by atoms with Crippen molar-refractivity contribution >= 4 is 23.2 Å². The number of nitrogens with one attached hydrogen (secondary N) is 3. The van der Waals surface area contributed by atoms with Crippen LogP contribution in [0.4, 0.5) is 24.5 Å². The van der Waals surface area contributed by atoms with Crippen LogP contribution in [0.5, 0.6) is 0 Å². The van der Waals surface area contributed by atoms with E-state index in [2.05, 4.69) is 16.2 Å². The first-order chi connectivity index (χ1) is 14.0. The van der Waals surface area contributed by atoms with Gasteiger partial charge in [0.2, 0.25) is 5.91 Å². The van der Waals surface area contributed by atoms with E-state index in [1.807, 2.05) is 0 Å². The highest BCUT2D eigenvalue weighted by atomic mass is 19.4. The first kappa shape index (κ1) is 23.4. The molecule has 0 aliphatic heterocycles. The average Bonchev–Trinajstić information content (AvgIpc) is 2.69. The summed E-state index contributed by atoms with van der Waals surface area (Å²) in [4.78, 5) is 35.2. The van der Waals surface area contributed by atoms with Crippen molar-refractivity contribution in [2.24, 2.45) is 11.8 Å². The molecule has 1 aromatic carbocycles. The molecule has 0 spiro atoms. The van der Waals surface area contributed by atoms with Gasteiger partial charge in [-0.2, -0.15) is 13.2 Å². The van der Waals surface area contributed by atoms with Crippen molar-refractivity contribution in [3.05, 3.63) is 33.9 Å². The van der Waals surface area contributed by atoms with Crippen LogP contribution in [0, 0.1) is 22.0 Å². The van der Waals surface area contributed by atoms with Crippen molar-refractivity contribution in [2.75, 3.05) is 5.43 Å². The van der Waals surface area contributed by atoms with Crippen LogP contribution in [0.2, 0.25) is 0 Å². The first-order valence-electron chi connectivity index (χ1n) is 9.72. The normalized spacial score (nSPS) is 16.1. The van der Waals surface area contributed by atoms with Gasteiger partial charge >= 0.3 is 6.18 Å². The highest BCUT2D eigenvalue weighted by Gasteiger charge is 2.33. The molecule has 2 rings (SSSR count). The second-order valence-electron chi connectivity index (χ2n) is 7.67. The minimum absolute atomic E-state index is 0.156. The molecule has 1 saturated carbocycles. The van der Waals surface area contributed by atoms with E-state index >= 15 is 0 Å². The summed E-state index contributed by atoms with van der Waals surface area (Å²) in [5.74, 6) is -1.30. The summed E-state index contributed by atoms with van der Waals surface area (Å²) in [7, 11) is 0. The Labute approximate surface area is 171 Å². The number of hydrogen-bond acceptors (Lipinski definition) is 5. The standard InChI is InChI=1S/C19H25F3N4O4/c1-11(2)16(23-17(27)12-6-4-3-5-7-12)18(28)25-24-14-9-8-13(19(20,21)22)10-15(14)26(29)30/h8-12,16,24H,3-7H2,1-2H3,(H,23,27)(H,25,28). The molecule has 2 amide bonds. The fraction of sp³-hybridized carbons (Fsp3) is 0.579. The molecule has 1 atom stereocenters. The molecule has 1 aliphatic rings. The average molecular weight is 430 g/mol. The molecule has 8 nitrogen and oxygen atoms in total. The van der Waals surface area contributed by atoms with Gasteiger partial charge in [-0.25, -0.2) is 0 Å². The summed E-state index contributed by atoms with van der Waals surface area (Å²) in [5, 5.41) is 13.9. The van der Waals surface area contributed by atoms with Crippen LogP contribution in [0.3, 0.4) is 0 Å². The van der Waals surface area contributed by atoms with Crippen LogP contribution in [-0.4, -0.2) is 22.8 Å². The zero-order valence-corrected chi connectivity index (χ0v) is 16.7. The lowest BCUT2D eigenvalue weighted by Crippen LogP contribution is -2.52. The van der Waals surface area contributed by atoms with E-state index < -0.39 is 34.3 Å². The Morgan fingerprint density at radius 3 is 2.33 bits per heavy atom. The summed E-state index contributed by atoms with van der Waals surface area (Å²) in [6.45, 7) is 3.46. The molecule has 1 unspecified atom stereocenters. The van der Waals surface area contributed by atoms with E-state index in [9.17, 15) is 32.9 Å². The smallest absolute Gasteiger partial charge is 0.344 e. The quantitative estimate of drug-likeness (QED) is 0.450. The highest BCUT2D eigenvalue weighted by Crippen LogP contribution is 2.34. The molecular formula is C19H25F3N4O4. The molecule has 3 N–H and O–H groups in total. The fourth-order valence-corrected chi connectivity index (χ4v) is 3.34. The third-order valence-electron chi connectivity index (χ3n) is 5.06. The van der Waals surface area contributed by atoms with Gasteiger partial charge in [0.15, 0.2) is 0 Å². The maximum absolute atomic E-state index is 12.8. The molecule has 0 heterocycles. The number of nitro benzene ring substituents is 1. The summed E-state index contributed by atoms with van der Waals surface area (Å²) < 4.78 is 38.4. The largest absolute Gasteiger partial charge is 0.416 e. The predicted octanol–water partition coefficient (Wildman–Crippen LogP) is 3.78. The molecule has 11 heteroatoms. The third-order valence-corrected chi connectivity index (χ3v) is 5.06. The van der Waals surface area contributed by atoms with Gasteiger partial charge in [-0.1, -0.05) is 33.1 Å². The van der Waals surface area contributed by atoms with Gasteiger partial charge in [-0.05, 0) is 30.9 Å². The Balaban J connectivity index is 2.08. The molecular weight excluding hydrogens is 405 g/mol. The number of nitrogens with zero attached hydrogens (tertiary/aromatic N) is 1. The van der Waals surface area contributed by atoms with Gasteiger partial charge in [-0.15, -0.1) is 0 Å². The number of amides is 2. The zero-order valence-electron chi connectivity index (χ0n) is 16.7. The summed E-state index contributed by atoms with van der Waals surface area (Å²) in [6, 6.07) is 1.03. The van der Waals surface area contributed by atoms with Gasteiger partial charge in [0.25, 0.3) is 11.6 Å². The van der Waals surface area contributed by atoms with E-state index in [-0.39, 0.29) is 23.4 Å². The van der Waals surface area contributed by atoms with E-state index in [0.29, 0.717) is 12.1 Å². The number of hydrogen-bond donors (Lipinski definition) is 3. The number of alkyl halides is 3. The van der Waals surface area contributed by atoms with Gasteiger partial charge < -0.3 is 5.32 Å². The number of halogens is 3. The second kappa shape index (κ2) is 9.77. The monoisotopic (exact) mass is 430 g/mol. The van der Waals surface area contributed by atoms with Gasteiger partial charge in [0.05, 0.1) is 10.5 Å². The number of anilines is 1. The van der Waals surface area contributed by atoms with Crippen LogP contribution >= 0.6 is 0 Å². The van der Waals surface area contributed by atoms with Crippen molar-refractivity contribution in [3.63, 3.8) is 0 Å². The van der Waals surface area contributed by atoms with Gasteiger partial charge in [0, 0.05) is 12.0 Å². The van der Waals surface area contributed by atoms with Gasteiger partial charge in [-0.3, -0.25) is 30.6 Å². The summed E-state index contributed by atoms with van der Waals surface area (Å²) in [6.07, 6.45) is -0.236. The Bertz CT molecular complexity index is 792. The van der Waals surface area contributed by atoms with Crippen LogP contribution in [0.25, 0.3) is 0 Å². The highest BCUT2D eigenvalue weighted by molar-refractivity contribution is 5.89. The number of hydrazine groups is 1. The van der Waals surface area contributed by atoms with E-state index in [4.69, 9.17) is 0 Å². The van der Waals surface area contributed by atoms with Crippen molar-refractivity contribution in [3.8, 4) is 0 Å². The lowest BCUT2D eigenvalue weighted by molar-refractivity contribution is -0.384. The molecule has 30 heavy (non-hydrogen) atoms. The fourth-order valence-electron chi connectivity index (χ4n) is 3.34. The molecule has 1 fully saturated rings. The SMILES string of the molecule is CC(C)C(NC(=O)C1CCCCC1)C(=O)NNc1ccc(C(F)(F)F)cc1[N+](=O)[O-]. The van der Waals surface area contributed by atoms with E-state index in [0.717, 1.165) is 38.2 Å². The maximum atomic E-state index is 12.8. The van der Waals surface area contributed by atoms with Crippen LogP contribution in [0.15, 0.2) is 18.2 Å². The van der Waals surface area contributed by atoms with Crippen LogP contribution in [-0.2, 0) is 15.8 Å². The lowest BCUT2D eigenvalue weighted by Gasteiger charge is -2.26. The minimum atomic E-state index is -4.74. The van der Waals surface area contributed by atoms with Crippen molar-refractivity contribution in [1.82, 2.24) is 10.7 Å². The molecule has 0 saturated heterocycles. The van der Waals surface area contributed by atoms with Crippen molar-refractivity contribution in [1.29, 1.82) is 0 Å². The Morgan fingerprint density at radius 1 is 1.17 bits per heavy atom. The maximum Gasteiger partial charge on any atom is 0.416 e. The van der Waals surface area contributed by atoms with Crippen molar-refractivity contribution < 1.29 is 27.7 Å². The number of carbonyl (C=O) groups is 2.